The lowest BCUT2D eigenvalue weighted by molar-refractivity contribution is -0.115. The van der Waals surface area contributed by atoms with Crippen LogP contribution in [0.5, 0.6) is 11.5 Å². The highest BCUT2D eigenvalue weighted by Crippen LogP contribution is 2.48. The van der Waals surface area contributed by atoms with E-state index in [9.17, 15) is 4.79 Å². The molecule has 34 heavy (non-hydrogen) atoms. The Morgan fingerprint density at radius 3 is 2.35 bits per heavy atom. The summed E-state index contributed by atoms with van der Waals surface area (Å²) in [5.41, 5.74) is 1.75. The number of thioether (sulfide) groups is 1. The first-order valence-corrected chi connectivity index (χ1v) is 12.2. The number of nitrogens with zero attached hydrogens (tertiary/aromatic N) is 4. The SMILES string of the molecule is COc1cccc(OCc2nnc(SCC(=O)N3c4ccccc4Sc4ccccc43)n2N)c1. The van der Waals surface area contributed by atoms with Crippen molar-refractivity contribution < 1.29 is 14.3 Å². The molecule has 2 N–H and O–H groups in total. The number of methoxy groups -OCH3 is 1. The molecule has 0 unspecified atom stereocenters. The van der Waals surface area contributed by atoms with Gasteiger partial charge in [-0.3, -0.25) is 9.69 Å². The Morgan fingerprint density at radius 2 is 1.65 bits per heavy atom. The highest BCUT2D eigenvalue weighted by atomic mass is 32.2. The number of nitrogen functional groups attached to an aromatic ring is 1. The van der Waals surface area contributed by atoms with Gasteiger partial charge in [-0.2, -0.15) is 0 Å². The minimum Gasteiger partial charge on any atom is -0.497 e. The second-order valence-corrected chi connectivity index (χ2v) is 9.32. The molecule has 1 amide bonds. The predicted octanol–water partition coefficient (Wildman–Crippen LogP) is 4.50. The summed E-state index contributed by atoms with van der Waals surface area (Å²) in [6.07, 6.45) is 0. The van der Waals surface area contributed by atoms with E-state index in [4.69, 9.17) is 15.3 Å². The number of fused-ring (bicyclic) bond motifs is 2. The van der Waals surface area contributed by atoms with E-state index in [1.165, 1.54) is 16.4 Å². The van der Waals surface area contributed by atoms with E-state index in [2.05, 4.69) is 10.2 Å². The van der Waals surface area contributed by atoms with Crippen LogP contribution in [0.15, 0.2) is 87.7 Å². The van der Waals surface area contributed by atoms with Crippen molar-refractivity contribution in [2.75, 3.05) is 23.6 Å². The molecule has 1 aliphatic rings. The quantitative estimate of drug-likeness (QED) is 0.298. The number of amides is 1. The average molecular weight is 492 g/mol. The highest BCUT2D eigenvalue weighted by Gasteiger charge is 2.28. The number of para-hydroxylation sites is 2. The summed E-state index contributed by atoms with van der Waals surface area (Å²) in [5, 5.41) is 8.69. The third-order valence-electron chi connectivity index (χ3n) is 5.15. The van der Waals surface area contributed by atoms with Crippen molar-refractivity contribution in [3.05, 3.63) is 78.6 Å². The second-order valence-electron chi connectivity index (χ2n) is 7.29. The van der Waals surface area contributed by atoms with Crippen LogP contribution in [0.3, 0.4) is 0 Å². The van der Waals surface area contributed by atoms with Crippen LogP contribution in [0.4, 0.5) is 11.4 Å². The molecule has 0 spiro atoms. The number of carbonyl (C=O) groups excluding carboxylic acids is 1. The summed E-state index contributed by atoms with van der Waals surface area (Å²) in [5.74, 6) is 8.04. The monoisotopic (exact) mass is 491 g/mol. The normalized spacial score (nSPS) is 12.1. The van der Waals surface area contributed by atoms with Crippen molar-refractivity contribution in [2.45, 2.75) is 21.6 Å². The number of rotatable bonds is 7. The molecular weight excluding hydrogens is 470 g/mol. The Balaban J connectivity index is 1.28. The third kappa shape index (κ3) is 4.42. The van der Waals surface area contributed by atoms with E-state index in [0.717, 1.165) is 21.2 Å². The number of ether oxygens (including phenoxy) is 2. The van der Waals surface area contributed by atoms with Crippen LogP contribution in [0.2, 0.25) is 0 Å². The van der Waals surface area contributed by atoms with Gasteiger partial charge in [0.1, 0.15) is 18.1 Å². The fourth-order valence-electron chi connectivity index (χ4n) is 3.51. The zero-order valence-electron chi connectivity index (χ0n) is 18.2. The fourth-order valence-corrected chi connectivity index (χ4v) is 5.29. The Morgan fingerprint density at radius 1 is 0.971 bits per heavy atom. The lowest BCUT2D eigenvalue weighted by atomic mass is 10.2. The number of carbonyl (C=O) groups is 1. The molecule has 0 saturated heterocycles. The van der Waals surface area contributed by atoms with Crippen molar-refractivity contribution in [1.82, 2.24) is 14.9 Å². The van der Waals surface area contributed by atoms with Gasteiger partial charge in [-0.15, -0.1) is 10.2 Å². The fraction of sp³-hybridized carbons (Fsp3) is 0.125. The number of benzene rings is 3. The van der Waals surface area contributed by atoms with Gasteiger partial charge in [-0.05, 0) is 36.4 Å². The molecule has 1 aliphatic heterocycles. The summed E-state index contributed by atoms with van der Waals surface area (Å²) in [4.78, 5) is 17.2. The van der Waals surface area contributed by atoms with Gasteiger partial charge in [0.15, 0.2) is 5.82 Å². The van der Waals surface area contributed by atoms with Crippen LogP contribution < -0.4 is 20.2 Å². The van der Waals surface area contributed by atoms with Gasteiger partial charge in [-0.25, -0.2) is 4.68 Å². The summed E-state index contributed by atoms with van der Waals surface area (Å²) in [7, 11) is 1.60. The first-order chi connectivity index (χ1) is 16.6. The van der Waals surface area contributed by atoms with Crippen LogP contribution >= 0.6 is 23.5 Å². The summed E-state index contributed by atoms with van der Waals surface area (Å²) < 4.78 is 12.3. The van der Waals surface area contributed by atoms with Crippen molar-refractivity contribution in [1.29, 1.82) is 0 Å². The summed E-state index contributed by atoms with van der Waals surface area (Å²) in [6, 6.07) is 23.1. The van der Waals surface area contributed by atoms with Crippen LogP contribution in [-0.4, -0.2) is 33.6 Å². The number of aromatic nitrogens is 3. The minimum absolute atomic E-state index is 0.0672. The van der Waals surface area contributed by atoms with Gasteiger partial charge in [0.2, 0.25) is 11.1 Å². The lowest BCUT2D eigenvalue weighted by Crippen LogP contribution is -2.30. The van der Waals surface area contributed by atoms with Gasteiger partial charge in [-0.1, -0.05) is 53.9 Å². The average Bonchev–Trinajstić information content (AvgIpc) is 3.23. The molecule has 0 saturated carbocycles. The number of hydrogen-bond donors (Lipinski definition) is 1. The van der Waals surface area contributed by atoms with Gasteiger partial charge >= 0.3 is 0 Å². The van der Waals surface area contributed by atoms with E-state index in [1.807, 2.05) is 66.7 Å². The van der Waals surface area contributed by atoms with Gasteiger partial charge in [0.05, 0.1) is 24.2 Å². The maximum absolute atomic E-state index is 13.3. The molecule has 0 bridgehead atoms. The number of hydrogen-bond acceptors (Lipinski definition) is 8. The zero-order chi connectivity index (χ0) is 23.5. The van der Waals surface area contributed by atoms with Crippen molar-refractivity contribution in [2.24, 2.45) is 0 Å². The molecule has 8 nitrogen and oxygen atoms in total. The van der Waals surface area contributed by atoms with E-state index >= 15 is 0 Å². The molecule has 0 radical (unpaired) electrons. The van der Waals surface area contributed by atoms with E-state index < -0.39 is 0 Å². The Labute approximate surface area is 205 Å². The molecule has 0 atom stereocenters. The van der Waals surface area contributed by atoms with Crippen LogP contribution in [0.25, 0.3) is 0 Å². The van der Waals surface area contributed by atoms with Crippen molar-refractivity contribution in [3.8, 4) is 11.5 Å². The largest absolute Gasteiger partial charge is 0.497 e. The van der Waals surface area contributed by atoms with Gasteiger partial charge in [0.25, 0.3) is 0 Å². The van der Waals surface area contributed by atoms with Crippen LogP contribution in [0, 0.1) is 0 Å². The van der Waals surface area contributed by atoms with E-state index in [0.29, 0.717) is 22.5 Å². The molecule has 1 aromatic heterocycles. The maximum Gasteiger partial charge on any atom is 0.242 e. The zero-order valence-corrected chi connectivity index (χ0v) is 19.9. The van der Waals surface area contributed by atoms with Crippen LogP contribution in [0.1, 0.15) is 5.82 Å². The lowest BCUT2D eigenvalue weighted by Gasteiger charge is -2.30. The molecular formula is C24H21N5O3S2. The topological polar surface area (TPSA) is 95.5 Å². The first-order valence-electron chi connectivity index (χ1n) is 10.4. The standard InChI is InChI=1S/C24H21N5O3S2/c1-31-16-7-6-8-17(13-16)32-14-22-26-27-24(29(22)25)33-15-23(30)28-18-9-2-4-11-20(18)34-21-12-5-3-10-19(21)28/h2-13H,14-15,25H2,1H3. The summed E-state index contributed by atoms with van der Waals surface area (Å²) in [6.45, 7) is 0.134. The van der Waals surface area contributed by atoms with Crippen molar-refractivity contribution in [3.63, 3.8) is 0 Å². The molecule has 4 aromatic rings. The van der Waals surface area contributed by atoms with Crippen LogP contribution in [-0.2, 0) is 11.4 Å². The number of nitrogens with two attached hydrogens (primary N) is 1. The minimum atomic E-state index is -0.0672. The first kappa shape index (κ1) is 22.2. The second kappa shape index (κ2) is 9.70. The molecule has 10 heteroatoms. The molecule has 3 aromatic carbocycles. The predicted molar refractivity (Wildman–Crippen MR) is 132 cm³/mol. The molecule has 0 fully saturated rings. The summed E-state index contributed by atoms with van der Waals surface area (Å²) >= 11 is 2.90. The Kier molecular flexibility index (Phi) is 6.33. The van der Waals surface area contributed by atoms with Crippen molar-refractivity contribution >= 4 is 40.8 Å². The Hall–Kier alpha value is -3.63. The molecule has 0 aliphatic carbocycles. The van der Waals surface area contributed by atoms with E-state index in [1.54, 1.807) is 29.8 Å². The number of anilines is 2. The van der Waals surface area contributed by atoms with Gasteiger partial charge in [0, 0.05) is 15.9 Å². The smallest absolute Gasteiger partial charge is 0.242 e. The molecule has 172 valence electrons. The Bertz CT molecular complexity index is 1300. The van der Waals surface area contributed by atoms with E-state index in [-0.39, 0.29) is 18.3 Å². The highest BCUT2D eigenvalue weighted by molar-refractivity contribution is 8.00. The maximum atomic E-state index is 13.3. The van der Waals surface area contributed by atoms with Gasteiger partial charge < -0.3 is 15.3 Å². The molecule has 2 heterocycles. The third-order valence-corrected chi connectivity index (χ3v) is 7.21. The molecule has 5 rings (SSSR count).